The third-order valence-corrected chi connectivity index (χ3v) is 2.61. The quantitative estimate of drug-likeness (QED) is 0.790. The van der Waals surface area contributed by atoms with Crippen LogP contribution in [-0.2, 0) is 0 Å². The number of rotatable bonds is 4. The Morgan fingerprint density at radius 2 is 2.27 bits per heavy atom. The van der Waals surface area contributed by atoms with E-state index < -0.39 is 0 Å². The van der Waals surface area contributed by atoms with Crippen molar-refractivity contribution in [2.45, 2.75) is 25.8 Å². The van der Waals surface area contributed by atoms with Crippen molar-refractivity contribution in [3.63, 3.8) is 0 Å². The molecule has 5 heteroatoms. The Morgan fingerprint density at radius 1 is 1.53 bits per heavy atom. The predicted octanol–water partition coefficient (Wildman–Crippen LogP) is 1.40. The van der Waals surface area contributed by atoms with Gasteiger partial charge < -0.3 is 10.0 Å². The molecule has 1 aromatic rings. The Morgan fingerprint density at radius 3 is 2.80 bits per heavy atom. The minimum absolute atomic E-state index is 0.136. The summed E-state index contributed by atoms with van der Waals surface area (Å²) in [6, 6.07) is 2.27. The monoisotopic (exact) mass is 227 g/mol. The van der Waals surface area contributed by atoms with Crippen LogP contribution in [0.2, 0.25) is 5.15 Å². The lowest BCUT2D eigenvalue weighted by atomic mass is 10.4. The Bertz CT molecular complexity index is 334. The first-order valence-electron chi connectivity index (χ1n) is 5.09. The second-order valence-corrected chi connectivity index (χ2v) is 4.13. The lowest BCUT2D eigenvalue weighted by molar-refractivity contribution is 0.301. The first-order chi connectivity index (χ1) is 7.20. The summed E-state index contributed by atoms with van der Waals surface area (Å²) >= 11 is 5.88. The molecule has 1 aliphatic rings. The molecule has 0 aromatic carbocycles. The van der Waals surface area contributed by atoms with E-state index in [0.29, 0.717) is 23.6 Å². The molecule has 0 saturated heterocycles. The Kier molecular flexibility index (Phi) is 3.07. The summed E-state index contributed by atoms with van der Waals surface area (Å²) in [6.07, 6.45) is 2.33. The first kappa shape index (κ1) is 10.6. The van der Waals surface area contributed by atoms with Crippen molar-refractivity contribution in [1.82, 2.24) is 9.97 Å². The van der Waals surface area contributed by atoms with E-state index >= 15 is 0 Å². The van der Waals surface area contributed by atoms with Crippen LogP contribution in [0.4, 0.5) is 5.82 Å². The van der Waals surface area contributed by atoms with E-state index in [0.717, 1.165) is 5.82 Å². The van der Waals surface area contributed by atoms with Crippen molar-refractivity contribution in [1.29, 1.82) is 0 Å². The van der Waals surface area contributed by atoms with Crippen LogP contribution in [0.1, 0.15) is 18.7 Å². The Balaban J connectivity index is 2.24. The zero-order valence-electron chi connectivity index (χ0n) is 8.65. The number of hydrogen-bond acceptors (Lipinski definition) is 4. The molecule has 0 unspecified atom stereocenters. The summed E-state index contributed by atoms with van der Waals surface area (Å²) in [5.74, 6) is 1.49. The minimum Gasteiger partial charge on any atom is -0.395 e. The molecule has 0 spiro atoms. The SMILES string of the molecule is Cc1nc(Cl)cc(N(CCO)C2CC2)n1. The summed E-state index contributed by atoms with van der Waals surface area (Å²) in [7, 11) is 0. The second-order valence-electron chi connectivity index (χ2n) is 3.74. The second kappa shape index (κ2) is 4.33. The predicted molar refractivity (Wildman–Crippen MR) is 59.2 cm³/mol. The van der Waals surface area contributed by atoms with Gasteiger partial charge in [0.2, 0.25) is 0 Å². The van der Waals surface area contributed by atoms with Gasteiger partial charge in [0.05, 0.1) is 6.61 Å². The largest absolute Gasteiger partial charge is 0.395 e. The van der Waals surface area contributed by atoms with Crippen LogP contribution in [0, 0.1) is 6.92 Å². The van der Waals surface area contributed by atoms with Gasteiger partial charge in [-0.2, -0.15) is 0 Å². The average molecular weight is 228 g/mol. The van der Waals surface area contributed by atoms with E-state index in [1.165, 1.54) is 12.8 Å². The van der Waals surface area contributed by atoms with Gasteiger partial charge in [0.15, 0.2) is 0 Å². The maximum Gasteiger partial charge on any atom is 0.134 e. The molecule has 1 saturated carbocycles. The smallest absolute Gasteiger partial charge is 0.134 e. The molecule has 82 valence electrons. The number of nitrogens with zero attached hydrogens (tertiary/aromatic N) is 3. The minimum atomic E-state index is 0.136. The van der Waals surface area contributed by atoms with Crippen LogP contribution in [0.3, 0.4) is 0 Å². The van der Waals surface area contributed by atoms with E-state index in [2.05, 4.69) is 14.9 Å². The molecule has 0 amide bonds. The fourth-order valence-electron chi connectivity index (χ4n) is 1.64. The van der Waals surface area contributed by atoms with E-state index in [9.17, 15) is 0 Å². The van der Waals surface area contributed by atoms with Gasteiger partial charge in [-0.05, 0) is 19.8 Å². The van der Waals surface area contributed by atoms with E-state index in [1.807, 2.05) is 6.92 Å². The summed E-state index contributed by atoms with van der Waals surface area (Å²) in [6.45, 7) is 2.56. The fourth-order valence-corrected chi connectivity index (χ4v) is 1.86. The maximum absolute atomic E-state index is 9.00. The summed E-state index contributed by atoms with van der Waals surface area (Å²) in [5, 5.41) is 9.45. The van der Waals surface area contributed by atoms with Gasteiger partial charge in [-0.1, -0.05) is 11.6 Å². The fraction of sp³-hybridized carbons (Fsp3) is 0.600. The molecule has 0 aliphatic heterocycles. The van der Waals surface area contributed by atoms with Gasteiger partial charge in [-0.25, -0.2) is 9.97 Å². The van der Waals surface area contributed by atoms with Crippen molar-refractivity contribution >= 4 is 17.4 Å². The average Bonchev–Trinajstić information content (AvgIpc) is 2.95. The molecule has 15 heavy (non-hydrogen) atoms. The number of halogens is 1. The van der Waals surface area contributed by atoms with Crippen LogP contribution in [-0.4, -0.2) is 34.3 Å². The third kappa shape index (κ3) is 2.58. The number of aliphatic hydroxyl groups excluding tert-OH is 1. The molecule has 1 heterocycles. The maximum atomic E-state index is 9.00. The first-order valence-corrected chi connectivity index (χ1v) is 5.47. The van der Waals surface area contributed by atoms with Gasteiger partial charge in [0, 0.05) is 18.7 Å². The van der Waals surface area contributed by atoms with E-state index in [1.54, 1.807) is 6.07 Å². The Labute approximate surface area is 93.9 Å². The molecule has 4 nitrogen and oxygen atoms in total. The van der Waals surface area contributed by atoms with E-state index in [-0.39, 0.29) is 6.61 Å². The number of aromatic nitrogens is 2. The number of aryl methyl sites for hydroxylation is 1. The number of aliphatic hydroxyl groups is 1. The molecule has 0 radical (unpaired) electrons. The van der Waals surface area contributed by atoms with Crippen molar-refractivity contribution in [3.8, 4) is 0 Å². The van der Waals surface area contributed by atoms with Crippen molar-refractivity contribution in [2.75, 3.05) is 18.1 Å². The van der Waals surface area contributed by atoms with Gasteiger partial charge in [-0.15, -0.1) is 0 Å². The summed E-state index contributed by atoms with van der Waals surface area (Å²) < 4.78 is 0. The lowest BCUT2D eigenvalue weighted by Gasteiger charge is -2.22. The molecule has 1 N–H and O–H groups in total. The number of hydrogen-bond donors (Lipinski definition) is 1. The highest BCUT2D eigenvalue weighted by Gasteiger charge is 2.29. The highest BCUT2D eigenvalue weighted by molar-refractivity contribution is 6.29. The lowest BCUT2D eigenvalue weighted by Crippen LogP contribution is -2.29. The molecule has 1 fully saturated rings. The van der Waals surface area contributed by atoms with Gasteiger partial charge in [-0.3, -0.25) is 0 Å². The van der Waals surface area contributed by atoms with Crippen LogP contribution in [0.25, 0.3) is 0 Å². The molecule has 2 rings (SSSR count). The zero-order chi connectivity index (χ0) is 10.8. The van der Waals surface area contributed by atoms with E-state index in [4.69, 9.17) is 16.7 Å². The van der Waals surface area contributed by atoms with Crippen LogP contribution in [0.15, 0.2) is 6.07 Å². The summed E-state index contributed by atoms with van der Waals surface area (Å²) in [4.78, 5) is 10.5. The van der Waals surface area contributed by atoms with Gasteiger partial charge in [0.25, 0.3) is 0 Å². The third-order valence-electron chi connectivity index (χ3n) is 2.42. The van der Waals surface area contributed by atoms with Gasteiger partial charge in [0.1, 0.15) is 16.8 Å². The van der Waals surface area contributed by atoms with Crippen LogP contribution < -0.4 is 4.90 Å². The Hall–Kier alpha value is -0.870. The van der Waals surface area contributed by atoms with Crippen molar-refractivity contribution < 1.29 is 5.11 Å². The zero-order valence-corrected chi connectivity index (χ0v) is 9.41. The van der Waals surface area contributed by atoms with Gasteiger partial charge >= 0.3 is 0 Å². The molecule has 0 atom stereocenters. The highest BCUT2D eigenvalue weighted by Crippen LogP contribution is 2.30. The molecule has 0 bridgehead atoms. The standard InChI is InChI=1S/C10H14ClN3O/c1-7-12-9(11)6-10(13-7)14(4-5-15)8-2-3-8/h6,8,15H,2-5H2,1H3. The van der Waals surface area contributed by atoms with Crippen molar-refractivity contribution in [2.24, 2.45) is 0 Å². The molecule has 1 aliphatic carbocycles. The molecular weight excluding hydrogens is 214 g/mol. The molecule has 1 aromatic heterocycles. The highest BCUT2D eigenvalue weighted by atomic mass is 35.5. The number of anilines is 1. The molecular formula is C10H14ClN3O. The topological polar surface area (TPSA) is 49.2 Å². The summed E-state index contributed by atoms with van der Waals surface area (Å²) in [5.41, 5.74) is 0. The van der Waals surface area contributed by atoms with Crippen molar-refractivity contribution in [3.05, 3.63) is 17.0 Å². The van der Waals surface area contributed by atoms with Crippen LogP contribution >= 0.6 is 11.6 Å². The normalized spacial score (nSPS) is 15.4. The van der Waals surface area contributed by atoms with Crippen LogP contribution in [0.5, 0.6) is 0 Å².